The number of nitrogens with zero attached hydrogens (tertiary/aromatic N) is 20. The lowest BCUT2D eigenvalue weighted by molar-refractivity contribution is -0.121. The monoisotopic (exact) mass is 2000 g/mol. The number of amides is 9. The van der Waals surface area contributed by atoms with Gasteiger partial charge in [-0.2, -0.15) is 20.4 Å². The van der Waals surface area contributed by atoms with Gasteiger partial charge in [0.1, 0.15) is 0 Å². The van der Waals surface area contributed by atoms with Crippen LogP contribution in [0.15, 0.2) is 220 Å². The van der Waals surface area contributed by atoms with Crippen LogP contribution in [-0.2, 0) is 9.59 Å². The highest BCUT2D eigenvalue weighted by Gasteiger charge is 2.29. The van der Waals surface area contributed by atoms with Crippen molar-refractivity contribution in [2.24, 2.45) is 5.92 Å². The van der Waals surface area contributed by atoms with Crippen molar-refractivity contribution in [2.75, 3.05) is 128 Å². The molecule has 2 aliphatic rings. The number of likely N-dealkylation sites (tertiary alicyclic amines) is 1. The van der Waals surface area contributed by atoms with Gasteiger partial charge in [-0.05, 0) is 197 Å². The van der Waals surface area contributed by atoms with Crippen molar-refractivity contribution in [1.82, 2.24) is 135 Å². The largest absolute Gasteiger partial charge is 0.354 e. The van der Waals surface area contributed by atoms with Crippen LogP contribution in [0.25, 0.3) is 183 Å². The first kappa shape index (κ1) is 100. The number of benzene rings is 4. The van der Waals surface area contributed by atoms with Crippen molar-refractivity contribution in [3.8, 4) is 90.1 Å². The van der Waals surface area contributed by atoms with E-state index in [9.17, 15) is 33.6 Å². The zero-order valence-corrected chi connectivity index (χ0v) is 84.8. The van der Waals surface area contributed by atoms with Gasteiger partial charge in [-0.25, -0.2) is 34.4 Å². The molecule has 22 rings (SSSR count). The van der Waals surface area contributed by atoms with Gasteiger partial charge in [0.15, 0.2) is 28.3 Å². The Bertz CT molecular complexity index is 8260. The van der Waals surface area contributed by atoms with Crippen LogP contribution in [0.2, 0.25) is 0 Å². The Morgan fingerprint density at radius 1 is 0.360 bits per heavy atom. The molecular formula is C111H112N32O7. The van der Waals surface area contributed by atoms with Crippen LogP contribution in [0.4, 0.5) is 38.0 Å². The highest BCUT2D eigenvalue weighted by atomic mass is 16.2. The number of aromatic nitrogens is 20. The molecule has 39 heteroatoms. The number of aromatic amines is 8. The first-order valence-corrected chi connectivity index (χ1v) is 49.9. The number of urea groups is 2. The van der Waals surface area contributed by atoms with E-state index >= 15 is 0 Å². The van der Waals surface area contributed by atoms with Gasteiger partial charge in [-0.1, -0.05) is 37.3 Å². The molecule has 0 spiro atoms. The summed E-state index contributed by atoms with van der Waals surface area (Å²) in [5, 5.41) is 48.4. The molecule has 20 aromatic rings. The van der Waals surface area contributed by atoms with E-state index in [2.05, 4.69) is 151 Å². The minimum Gasteiger partial charge on any atom is -0.354 e. The van der Waals surface area contributed by atoms with Crippen LogP contribution in [0, 0.1) is 12.5 Å². The Kier molecular flexibility index (Phi) is 29.5. The van der Waals surface area contributed by atoms with Gasteiger partial charge in [-0.3, -0.25) is 64.3 Å². The molecule has 39 nitrogen and oxygen atoms in total. The van der Waals surface area contributed by atoms with Gasteiger partial charge < -0.3 is 75.5 Å². The second-order valence-electron chi connectivity index (χ2n) is 37.0. The minimum atomic E-state index is -0.234. The van der Waals surface area contributed by atoms with Gasteiger partial charge in [0.25, 0.3) is 17.7 Å². The molecule has 0 radical (unpaired) electrons. The highest BCUT2D eigenvalue weighted by Crippen LogP contribution is 2.41. The molecule has 0 atom stereocenters. The van der Waals surface area contributed by atoms with E-state index in [1.54, 1.807) is 101 Å². The smallest absolute Gasteiger partial charge is 0.321 e. The number of fused-ring (bicyclic) bond motifs is 8. The molecular weight excluding hydrogens is 1890 g/mol. The fourth-order valence-electron chi connectivity index (χ4n) is 18.8. The highest BCUT2D eigenvalue weighted by molar-refractivity contribution is 6.12. The van der Waals surface area contributed by atoms with Gasteiger partial charge in [0.2, 0.25) is 11.8 Å². The maximum atomic E-state index is 13.2. The summed E-state index contributed by atoms with van der Waals surface area (Å²) in [7, 11) is 7.50. The molecule has 9 amide bonds. The number of hydrogen-bond donors (Lipinski definition) is 12. The molecule has 2 saturated heterocycles. The number of H-pyrrole nitrogens is 8. The molecule has 2 aliphatic heterocycles. The SMILES string of the molecule is CCN(CC)C(=O)c1cccc2[nH]c(-c3[nH]nc4ncc(-c5cncc(NC(=O)C6CCN(C)CC6)c5)cc34)cc12.CCN(CC)C(=O)c1cccc2[nH]c(-c3[nH]nc4ncc(-c5cncc(NC(=O)N(C)C)c5)cc34)cc12.CCN(CC)C(=O)c1cccc2[nH]c(-c3[nH]nc4ncc(-c5cncc(NC(=O)N6CCN(C)CC6)c5)cc34)cc12.[C-]#[N+]c1cccc2[nH]c(-c3[nH]nc4ncc(-c5cncc(NC(=O)CC)c5)cc34)cc12. The Morgan fingerprint density at radius 3 is 1.01 bits per heavy atom. The number of nitrogens with one attached hydrogen (secondary N) is 12. The quantitative estimate of drug-likeness (QED) is 0.0265. The van der Waals surface area contributed by atoms with Crippen molar-refractivity contribution in [3.05, 3.63) is 248 Å². The molecule has 150 heavy (non-hydrogen) atoms. The van der Waals surface area contributed by atoms with E-state index in [0.717, 1.165) is 194 Å². The Balaban J connectivity index is 0.000000126. The standard InChI is InChI=1S/C31H34N8O2.C30H33N9O2.C27H28N8O2.C23H17N7O/c1-4-39(5-2)31(41)23-7-6-8-26-24(23)15-27(35-26)28-25-14-21(17-33-29(25)37-36-28)20-13-22(18-32-16-20)34-30(40)19-9-11-38(3)12-10-19;1-4-38(5-2)29(40)22-7-6-8-25-23(22)15-26(34-25)27-24-14-20(17-32-28(24)36-35-27)19-13-21(18-31-16-19)33-30(41)39-11-9-37(3)10-12-39;1-5-35(6-2)26(36)19-8-7-9-22-20(19)12-23(31-22)24-21-11-17(14-29-25(21)33-32-24)16-10-18(15-28-13-16)30-27(37)34(3)4;1-3-21(31)27-15-7-13(10-25-12-15)14-8-17-22(29-30-23(17)26-11-14)20-9-16-18(24-2)5-4-6-19(16)28-20/h6-8,13-19,35H,4-5,9-12H2,1-3H3,(H,34,40)(H,33,36,37);6-8,13-18,34H,4-5,9-12H2,1-3H3,(H,33,41)(H,32,35,36);7-15,31H,5-6H2,1-4H3,(H,30,37)(H,29,32,33);4-12,28H,3H2,1H3,(H,27,31)(H,26,29,30). The number of likely N-dealkylation sites (N-methyl/N-ethyl adjacent to an activating group) is 1. The maximum Gasteiger partial charge on any atom is 0.321 e. The minimum absolute atomic E-state index is 0.00770. The van der Waals surface area contributed by atoms with Crippen molar-refractivity contribution in [3.63, 3.8) is 0 Å². The van der Waals surface area contributed by atoms with Crippen LogP contribution < -0.4 is 21.3 Å². The number of carbonyl (C=O) groups is 7. The predicted octanol–water partition coefficient (Wildman–Crippen LogP) is 19.2. The summed E-state index contributed by atoms with van der Waals surface area (Å²) in [4.78, 5) is 155. The summed E-state index contributed by atoms with van der Waals surface area (Å²) in [5.41, 5.74) is 24.0. The molecule has 0 unspecified atom stereocenters. The first-order valence-electron chi connectivity index (χ1n) is 49.9. The lowest BCUT2D eigenvalue weighted by Crippen LogP contribution is -2.48. The third kappa shape index (κ3) is 21.2. The van der Waals surface area contributed by atoms with Gasteiger partial charge >= 0.3 is 12.1 Å². The summed E-state index contributed by atoms with van der Waals surface area (Å²) >= 11 is 0. The van der Waals surface area contributed by atoms with Crippen LogP contribution in [0.1, 0.15) is 98.8 Å². The topological polar surface area (TPSA) is 476 Å². The third-order valence-electron chi connectivity index (χ3n) is 27.3. The van der Waals surface area contributed by atoms with Crippen LogP contribution >= 0.6 is 0 Å². The fourth-order valence-corrected chi connectivity index (χ4v) is 18.8. The Morgan fingerprint density at radius 2 is 0.673 bits per heavy atom. The van der Waals surface area contributed by atoms with Gasteiger partial charge in [0.05, 0.1) is 99.7 Å². The predicted molar refractivity (Wildman–Crippen MR) is 584 cm³/mol. The molecule has 0 saturated carbocycles. The summed E-state index contributed by atoms with van der Waals surface area (Å²) < 4.78 is 0. The average molecular weight is 2010 g/mol. The van der Waals surface area contributed by atoms with Crippen molar-refractivity contribution in [2.45, 2.75) is 67.7 Å². The van der Waals surface area contributed by atoms with Crippen molar-refractivity contribution >= 4 is 158 Å². The number of anilines is 4. The number of piperidine rings is 1. The molecule has 18 heterocycles. The van der Waals surface area contributed by atoms with E-state index in [1.807, 2.05) is 201 Å². The Hall–Kier alpha value is -18.6. The van der Waals surface area contributed by atoms with E-state index in [-0.39, 0.29) is 47.5 Å². The maximum absolute atomic E-state index is 13.2. The molecule has 0 aliphatic carbocycles. The normalized spacial score (nSPS) is 12.8. The van der Waals surface area contributed by atoms with Gasteiger partial charge in [-0.15, -0.1) is 0 Å². The zero-order chi connectivity index (χ0) is 104. The lowest BCUT2D eigenvalue weighted by Gasteiger charge is -2.32. The van der Waals surface area contributed by atoms with E-state index < -0.39 is 0 Å². The first-order chi connectivity index (χ1) is 72.9. The lowest BCUT2D eigenvalue weighted by atomic mass is 9.96. The van der Waals surface area contributed by atoms with Crippen LogP contribution in [0.3, 0.4) is 0 Å². The molecule has 12 N–H and O–H groups in total. The summed E-state index contributed by atoms with van der Waals surface area (Å²) in [6, 6.07) is 45.9. The molecule has 16 aromatic heterocycles. The summed E-state index contributed by atoms with van der Waals surface area (Å²) in [6.07, 6.45) is 22.6. The number of hydrogen-bond acceptors (Lipinski definition) is 21. The van der Waals surface area contributed by atoms with Gasteiger partial charge in [0, 0.05) is 268 Å². The molecule has 4 aromatic carbocycles. The van der Waals surface area contributed by atoms with Crippen LogP contribution in [-0.4, -0.2) is 283 Å². The van der Waals surface area contributed by atoms with E-state index in [1.165, 1.54) is 4.90 Å². The van der Waals surface area contributed by atoms with E-state index in [0.29, 0.717) is 126 Å². The average Bonchev–Trinajstić information content (AvgIpc) is 1.63. The Labute approximate surface area is 861 Å². The van der Waals surface area contributed by atoms with Crippen LogP contribution in [0.5, 0.6) is 0 Å². The molecule has 2 fully saturated rings. The second kappa shape index (κ2) is 44.2. The van der Waals surface area contributed by atoms with Crippen molar-refractivity contribution < 1.29 is 33.6 Å². The van der Waals surface area contributed by atoms with E-state index in [4.69, 9.17) is 6.57 Å². The fraction of sp³-hybridized carbons (Fsp3) is 0.243. The summed E-state index contributed by atoms with van der Waals surface area (Å²) in [6.45, 7) is 30.0. The number of pyridine rings is 8. The second-order valence-corrected chi connectivity index (χ2v) is 37.0. The zero-order valence-electron chi connectivity index (χ0n) is 84.8. The third-order valence-corrected chi connectivity index (χ3v) is 27.3. The summed E-state index contributed by atoms with van der Waals surface area (Å²) in [5.74, 6) is 0.0213. The molecule has 0 bridgehead atoms. The number of piperazine rings is 1. The number of rotatable bonds is 23. The number of carbonyl (C=O) groups excluding carboxylic acids is 7. The molecule has 758 valence electrons. The van der Waals surface area contributed by atoms with Crippen molar-refractivity contribution in [1.29, 1.82) is 0 Å².